The number of esters is 1. The zero-order valence-corrected chi connectivity index (χ0v) is 7.80. The zero-order chi connectivity index (χ0) is 11.6. The standard InChI is InChI=1S/C8H11NO6/c9-4(6(11)12)3-8(7(13)14)2-1-5(10)15-8/h4H,1-3,9H2,(H,11,12)(H,13,14)/t4-,8+/m0/s1. The molecule has 1 aliphatic rings. The molecule has 0 aliphatic carbocycles. The number of hydrogen-bond acceptors (Lipinski definition) is 5. The first kappa shape index (κ1) is 11.4. The minimum absolute atomic E-state index is 0.0291. The number of ether oxygens (including phenoxy) is 1. The second-order valence-corrected chi connectivity index (χ2v) is 3.42. The van der Waals surface area contributed by atoms with Crippen molar-refractivity contribution in [3.8, 4) is 0 Å². The monoisotopic (exact) mass is 217 g/mol. The highest BCUT2D eigenvalue weighted by Crippen LogP contribution is 2.31. The van der Waals surface area contributed by atoms with E-state index in [0.29, 0.717) is 0 Å². The number of hydrogen-bond donors (Lipinski definition) is 3. The SMILES string of the molecule is N[C@@H](C[C@@]1(C(=O)O)CCC(=O)O1)C(=O)O. The third-order valence-corrected chi connectivity index (χ3v) is 2.30. The minimum atomic E-state index is -1.77. The van der Waals surface area contributed by atoms with Crippen molar-refractivity contribution in [3.05, 3.63) is 0 Å². The molecular weight excluding hydrogens is 206 g/mol. The Balaban J connectivity index is 2.80. The summed E-state index contributed by atoms with van der Waals surface area (Å²) in [7, 11) is 0. The lowest BCUT2D eigenvalue weighted by Gasteiger charge is -2.24. The summed E-state index contributed by atoms with van der Waals surface area (Å²) in [5.74, 6) is -3.32. The Morgan fingerprint density at radius 3 is 2.47 bits per heavy atom. The van der Waals surface area contributed by atoms with E-state index in [-0.39, 0.29) is 12.8 Å². The van der Waals surface area contributed by atoms with E-state index < -0.39 is 36.0 Å². The number of carboxylic acid groups (broad SMARTS) is 2. The van der Waals surface area contributed by atoms with Gasteiger partial charge in [0.05, 0.1) is 0 Å². The highest BCUT2D eigenvalue weighted by atomic mass is 16.6. The molecule has 4 N–H and O–H groups in total. The highest BCUT2D eigenvalue weighted by molar-refractivity contribution is 5.86. The molecule has 0 radical (unpaired) electrons. The summed E-state index contributed by atoms with van der Waals surface area (Å²) in [5, 5.41) is 17.4. The van der Waals surface area contributed by atoms with Gasteiger partial charge in [0.2, 0.25) is 5.60 Å². The lowest BCUT2D eigenvalue weighted by molar-refractivity contribution is -0.171. The lowest BCUT2D eigenvalue weighted by Crippen LogP contribution is -2.46. The molecule has 0 aromatic heterocycles. The van der Waals surface area contributed by atoms with Gasteiger partial charge in [-0.05, 0) is 0 Å². The van der Waals surface area contributed by atoms with Crippen LogP contribution in [0, 0.1) is 0 Å². The quantitative estimate of drug-likeness (QED) is 0.512. The van der Waals surface area contributed by atoms with Gasteiger partial charge in [0.1, 0.15) is 6.04 Å². The third-order valence-electron chi connectivity index (χ3n) is 2.30. The van der Waals surface area contributed by atoms with Gasteiger partial charge >= 0.3 is 17.9 Å². The van der Waals surface area contributed by atoms with E-state index in [4.69, 9.17) is 15.9 Å². The predicted molar refractivity (Wildman–Crippen MR) is 45.9 cm³/mol. The van der Waals surface area contributed by atoms with Gasteiger partial charge in [-0.3, -0.25) is 9.59 Å². The van der Waals surface area contributed by atoms with Crippen molar-refractivity contribution in [1.29, 1.82) is 0 Å². The van der Waals surface area contributed by atoms with Crippen molar-refractivity contribution in [2.45, 2.75) is 30.9 Å². The second-order valence-electron chi connectivity index (χ2n) is 3.42. The molecular formula is C8H11NO6. The van der Waals surface area contributed by atoms with Crippen LogP contribution in [-0.2, 0) is 19.1 Å². The number of aliphatic carboxylic acids is 2. The number of carbonyl (C=O) groups is 3. The van der Waals surface area contributed by atoms with E-state index in [1.54, 1.807) is 0 Å². The smallest absolute Gasteiger partial charge is 0.348 e. The van der Waals surface area contributed by atoms with Crippen molar-refractivity contribution >= 4 is 17.9 Å². The van der Waals surface area contributed by atoms with E-state index in [2.05, 4.69) is 4.74 Å². The third kappa shape index (κ3) is 2.24. The average molecular weight is 217 g/mol. The van der Waals surface area contributed by atoms with Crippen molar-refractivity contribution in [1.82, 2.24) is 0 Å². The minimum Gasteiger partial charge on any atom is -0.480 e. The Hall–Kier alpha value is -1.63. The molecule has 0 spiro atoms. The van der Waals surface area contributed by atoms with Crippen LogP contribution < -0.4 is 5.73 Å². The van der Waals surface area contributed by atoms with E-state index in [1.165, 1.54) is 0 Å². The average Bonchev–Trinajstić information content (AvgIpc) is 2.48. The first-order valence-electron chi connectivity index (χ1n) is 4.31. The summed E-state index contributed by atoms with van der Waals surface area (Å²) >= 11 is 0. The van der Waals surface area contributed by atoms with Gasteiger partial charge < -0.3 is 20.7 Å². The van der Waals surface area contributed by atoms with Gasteiger partial charge in [0, 0.05) is 19.3 Å². The van der Waals surface area contributed by atoms with E-state index >= 15 is 0 Å². The molecule has 0 unspecified atom stereocenters. The van der Waals surface area contributed by atoms with Crippen LogP contribution in [0.15, 0.2) is 0 Å². The molecule has 7 heteroatoms. The topological polar surface area (TPSA) is 127 Å². The first-order chi connectivity index (χ1) is 6.87. The molecule has 84 valence electrons. The Morgan fingerprint density at radius 2 is 2.13 bits per heavy atom. The van der Waals surface area contributed by atoms with Crippen LogP contribution in [-0.4, -0.2) is 39.8 Å². The Kier molecular flexibility index (Phi) is 2.94. The maximum absolute atomic E-state index is 10.9. The molecule has 0 saturated carbocycles. The number of cyclic esters (lactones) is 1. The number of carbonyl (C=O) groups excluding carboxylic acids is 1. The summed E-state index contributed by atoms with van der Waals surface area (Å²) in [4.78, 5) is 32.2. The van der Waals surface area contributed by atoms with Crippen molar-refractivity contribution < 1.29 is 29.3 Å². The Bertz CT molecular complexity index is 314. The molecule has 1 saturated heterocycles. The van der Waals surface area contributed by atoms with Crippen molar-refractivity contribution in [3.63, 3.8) is 0 Å². The Labute approximate surface area is 84.8 Å². The summed E-state index contributed by atoms with van der Waals surface area (Å²) in [6.07, 6.45) is -0.482. The van der Waals surface area contributed by atoms with Gasteiger partial charge in [0.15, 0.2) is 0 Å². The summed E-state index contributed by atoms with van der Waals surface area (Å²) < 4.78 is 4.65. The second kappa shape index (κ2) is 3.85. The zero-order valence-electron chi connectivity index (χ0n) is 7.80. The number of rotatable bonds is 4. The van der Waals surface area contributed by atoms with E-state index in [1.807, 2.05) is 0 Å². The molecule has 0 bridgehead atoms. The fraction of sp³-hybridized carbons (Fsp3) is 0.625. The van der Waals surface area contributed by atoms with Gasteiger partial charge in [-0.2, -0.15) is 0 Å². The summed E-state index contributed by atoms with van der Waals surface area (Å²) in [5.41, 5.74) is 3.44. The molecule has 0 amide bonds. The maximum atomic E-state index is 10.9. The molecule has 1 heterocycles. The van der Waals surface area contributed by atoms with Crippen LogP contribution in [0.25, 0.3) is 0 Å². The van der Waals surface area contributed by atoms with Gasteiger partial charge in [-0.25, -0.2) is 4.79 Å². The number of nitrogens with two attached hydrogens (primary N) is 1. The van der Waals surface area contributed by atoms with Gasteiger partial charge in [-0.15, -0.1) is 0 Å². The predicted octanol–water partition coefficient (Wildman–Crippen LogP) is -1.05. The highest BCUT2D eigenvalue weighted by Gasteiger charge is 2.49. The fourth-order valence-corrected chi connectivity index (χ4v) is 1.45. The largest absolute Gasteiger partial charge is 0.480 e. The Morgan fingerprint density at radius 1 is 1.53 bits per heavy atom. The number of carboxylic acids is 2. The first-order valence-corrected chi connectivity index (χ1v) is 4.31. The molecule has 0 aromatic rings. The normalized spacial score (nSPS) is 27.1. The van der Waals surface area contributed by atoms with E-state index in [0.717, 1.165) is 0 Å². The molecule has 15 heavy (non-hydrogen) atoms. The maximum Gasteiger partial charge on any atom is 0.348 e. The summed E-state index contributed by atoms with van der Waals surface area (Å²) in [6.45, 7) is 0. The molecule has 7 nitrogen and oxygen atoms in total. The van der Waals surface area contributed by atoms with Gasteiger partial charge in [0.25, 0.3) is 0 Å². The fourth-order valence-electron chi connectivity index (χ4n) is 1.45. The van der Waals surface area contributed by atoms with Crippen LogP contribution >= 0.6 is 0 Å². The molecule has 1 rings (SSSR count). The lowest BCUT2D eigenvalue weighted by atomic mass is 9.92. The van der Waals surface area contributed by atoms with Crippen LogP contribution in [0.4, 0.5) is 0 Å². The van der Waals surface area contributed by atoms with Gasteiger partial charge in [-0.1, -0.05) is 0 Å². The van der Waals surface area contributed by atoms with Crippen molar-refractivity contribution in [2.75, 3.05) is 0 Å². The van der Waals surface area contributed by atoms with Crippen LogP contribution in [0.5, 0.6) is 0 Å². The molecule has 2 atom stereocenters. The van der Waals surface area contributed by atoms with Crippen LogP contribution in [0.2, 0.25) is 0 Å². The van der Waals surface area contributed by atoms with E-state index in [9.17, 15) is 14.4 Å². The van der Waals surface area contributed by atoms with Crippen LogP contribution in [0.3, 0.4) is 0 Å². The van der Waals surface area contributed by atoms with Crippen LogP contribution in [0.1, 0.15) is 19.3 Å². The molecule has 0 aromatic carbocycles. The molecule has 1 fully saturated rings. The molecule has 1 aliphatic heterocycles. The summed E-state index contributed by atoms with van der Waals surface area (Å²) in [6, 6.07) is -1.35. The van der Waals surface area contributed by atoms with Crippen molar-refractivity contribution in [2.24, 2.45) is 5.73 Å².